The molecule has 5 nitrogen and oxygen atoms in total. The fourth-order valence-corrected chi connectivity index (χ4v) is 1.61. The number of carboxylic acid groups (broad SMARTS) is 1. The van der Waals surface area contributed by atoms with Crippen molar-refractivity contribution in [2.75, 3.05) is 6.54 Å². The number of nitrogens with one attached hydrogen (secondary N) is 1. The molecule has 0 aliphatic rings. The van der Waals surface area contributed by atoms with Crippen molar-refractivity contribution in [3.63, 3.8) is 0 Å². The van der Waals surface area contributed by atoms with E-state index in [1.54, 1.807) is 10.9 Å². The fraction of sp³-hybridized carbons (Fsp3) is 0.636. The van der Waals surface area contributed by atoms with Crippen LogP contribution < -0.4 is 5.32 Å². The van der Waals surface area contributed by atoms with Gasteiger partial charge in [-0.15, -0.1) is 0 Å². The molecular formula is C11H19N3O2. The van der Waals surface area contributed by atoms with Gasteiger partial charge in [-0.3, -0.25) is 9.48 Å². The molecule has 1 unspecified atom stereocenters. The number of rotatable bonds is 6. The number of aliphatic carboxylic acids is 1. The van der Waals surface area contributed by atoms with Crippen LogP contribution in [0, 0.1) is 5.92 Å². The van der Waals surface area contributed by atoms with Crippen LogP contribution in [0.3, 0.4) is 0 Å². The Morgan fingerprint density at radius 2 is 2.31 bits per heavy atom. The van der Waals surface area contributed by atoms with Crippen LogP contribution in [0.1, 0.15) is 19.5 Å². The van der Waals surface area contributed by atoms with Gasteiger partial charge in [0.05, 0.1) is 0 Å². The van der Waals surface area contributed by atoms with Crippen molar-refractivity contribution < 1.29 is 9.90 Å². The minimum Gasteiger partial charge on any atom is -0.480 e. The van der Waals surface area contributed by atoms with Crippen molar-refractivity contribution in [1.82, 2.24) is 15.1 Å². The molecule has 2 N–H and O–H groups in total. The summed E-state index contributed by atoms with van der Waals surface area (Å²) >= 11 is 0. The summed E-state index contributed by atoms with van der Waals surface area (Å²) in [4.78, 5) is 10.9. The Morgan fingerprint density at radius 1 is 1.62 bits per heavy atom. The molecule has 0 saturated carbocycles. The van der Waals surface area contributed by atoms with Gasteiger partial charge in [0.15, 0.2) is 0 Å². The van der Waals surface area contributed by atoms with Crippen LogP contribution in [-0.4, -0.2) is 33.4 Å². The molecule has 16 heavy (non-hydrogen) atoms. The summed E-state index contributed by atoms with van der Waals surface area (Å²) in [6.07, 6.45) is 2.53. The van der Waals surface area contributed by atoms with Crippen molar-refractivity contribution in [3.05, 3.63) is 18.0 Å². The first-order chi connectivity index (χ1) is 7.52. The molecule has 1 rings (SSSR count). The monoisotopic (exact) mass is 225 g/mol. The number of nitrogens with zero attached hydrogens (tertiary/aromatic N) is 2. The largest absolute Gasteiger partial charge is 0.480 e. The van der Waals surface area contributed by atoms with E-state index in [1.807, 2.05) is 27.0 Å². The molecule has 0 radical (unpaired) electrons. The van der Waals surface area contributed by atoms with Gasteiger partial charge in [0, 0.05) is 31.9 Å². The summed E-state index contributed by atoms with van der Waals surface area (Å²) in [5.41, 5.74) is 1.10. The molecule has 1 atom stereocenters. The maximum atomic E-state index is 10.9. The number of aryl methyl sites for hydroxylation is 1. The first-order valence-corrected chi connectivity index (χ1v) is 5.45. The van der Waals surface area contributed by atoms with Crippen LogP contribution >= 0.6 is 0 Å². The Bertz CT molecular complexity index is 347. The zero-order valence-corrected chi connectivity index (χ0v) is 9.97. The minimum atomic E-state index is -0.792. The molecule has 1 aromatic heterocycles. The number of carbonyl (C=O) groups is 1. The topological polar surface area (TPSA) is 67.2 Å². The van der Waals surface area contributed by atoms with Crippen LogP contribution in [0.25, 0.3) is 0 Å². The average molecular weight is 225 g/mol. The highest BCUT2D eigenvalue weighted by atomic mass is 16.4. The molecule has 5 heteroatoms. The predicted molar refractivity (Wildman–Crippen MR) is 61.2 cm³/mol. The van der Waals surface area contributed by atoms with Gasteiger partial charge in [0.2, 0.25) is 0 Å². The van der Waals surface area contributed by atoms with Crippen molar-refractivity contribution >= 4 is 5.97 Å². The summed E-state index contributed by atoms with van der Waals surface area (Å²) in [5, 5.41) is 16.1. The molecule has 1 heterocycles. The van der Waals surface area contributed by atoms with Crippen LogP contribution in [0.5, 0.6) is 0 Å². The minimum absolute atomic E-state index is 0.0871. The number of aromatic nitrogens is 2. The van der Waals surface area contributed by atoms with Crippen molar-refractivity contribution in [2.45, 2.75) is 26.3 Å². The molecule has 0 bridgehead atoms. The molecular weight excluding hydrogens is 206 g/mol. The van der Waals surface area contributed by atoms with E-state index in [0.717, 1.165) is 12.1 Å². The Balaban J connectivity index is 2.40. The molecule has 0 aromatic carbocycles. The highest BCUT2D eigenvalue weighted by molar-refractivity contribution is 5.73. The highest BCUT2D eigenvalue weighted by Gasteiger charge is 2.20. The van der Waals surface area contributed by atoms with Crippen LogP contribution in [0.15, 0.2) is 12.3 Å². The zero-order chi connectivity index (χ0) is 12.1. The molecule has 0 saturated heterocycles. The van der Waals surface area contributed by atoms with Gasteiger partial charge in [-0.1, -0.05) is 13.8 Å². The third kappa shape index (κ3) is 3.34. The van der Waals surface area contributed by atoms with Crippen molar-refractivity contribution in [3.8, 4) is 0 Å². The Kier molecular flexibility index (Phi) is 4.49. The van der Waals surface area contributed by atoms with Crippen LogP contribution in [-0.2, 0) is 18.3 Å². The van der Waals surface area contributed by atoms with Crippen LogP contribution in [0.4, 0.5) is 0 Å². The van der Waals surface area contributed by atoms with E-state index in [0.29, 0.717) is 6.54 Å². The van der Waals surface area contributed by atoms with Gasteiger partial charge >= 0.3 is 5.97 Å². The number of hydrogen-bond donors (Lipinski definition) is 2. The Hall–Kier alpha value is -1.36. The van der Waals surface area contributed by atoms with E-state index < -0.39 is 12.0 Å². The first-order valence-electron chi connectivity index (χ1n) is 5.45. The van der Waals surface area contributed by atoms with Gasteiger partial charge in [-0.2, -0.15) is 5.10 Å². The lowest BCUT2D eigenvalue weighted by Crippen LogP contribution is -2.41. The van der Waals surface area contributed by atoms with Gasteiger partial charge in [-0.25, -0.2) is 0 Å². The third-order valence-corrected chi connectivity index (χ3v) is 2.60. The SMILES string of the molecule is CC(C)C(NCCc1ccnn1C)C(=O)O. The molecule has 90 valence electrons. The third-order valence-electron chi connectivity index (χ3n) is 2.60. The normalized spacial score (nSPS) is 13.0. The lowest BCUT2D eigenvalue weighted by molar-refractivity contribution is -0.140. The summed E-state index contributed by atoms with van der Waals surface area (Å²) in [7, 11) is 1.88. The molecule has 0 amide bonds. The lowest BCUT2D eigenvalue weighted by Gasteiger charge is -2.17. The van der Waals surface area contributed by atoms with E-state index in [9.17, 15) is 4.79 Å². The van der Waals surface area contributed by atoms with Crippen molar-refractivity contribution in [1.29, 1.82) is 0 Å². The van der Waals surface area contributed by atoms with Gasteiger partial charge in [-0.05, 0) is 12.0 Å². The Labute approximate surface area is 95.5 Å². The predicted octanol–water partition coefficient (Wildman–Crippen LogP) is 0.661. The lowest BCUT2D eigenvalue weighted by atomic mass is 10.0. The first kappa shape index (κ1) is 12.7. The maximum absolute atomic E-state index is 10.9. The Morgan fingerprint density at radius 3 is 2.75 bits per heavy atom. The quantitative estimate of drug-likeness (QED) is 0.746. The average Bonchev–Trinajstić information content (AvgIpc) is 2.57. The number of hydrogen-bond acceptors (Lipinski definition) is 3. The summed E-state index contributed by atoms with van der Waals surface area (Å²) < 4.78 is 1.80. The summed E-state index contributed by atoms with van der Waals surface area (Å²) in [6.45, 7) is 4.44. The highest BCUT2D eigenvalue weighted by Crippen LogP contribution is 2.02. The van der Waals surface area contributed by atoms with Gasteiger partial charge in [0.1, 0.15) is 6.04 Å². The van der Waals surface area contributed by atoms with E-state index in [1.165, 1.54) is 0 Å². The van der Waals surface area contributed by atoms with Crippen molar-refractivity contribution in [2.24, 2.45) is 13.0 Å². The molecule has 0 fully saturated rings. The van der Waals surface area contributed by atoms with E-state index in [4.69, 9.17) is 5.11 Å². The summed E-state index contributed by atoms with van der Waals surface area (Å²) in [5.74, 6) is -0.705. The standard InChI is InChI=1S/C11H19N3O2/c1-8(2)10(11(15)16)12-6-4-9-5-7-13-14(9)3/h5,7-8,10,12H,4,6H2,1-3H3,(H,15,16). The molecule has 0 aliphatic heterocycles. The van der Waals surface area contributed by atoms with Gasteiger partial charge in [0.25, 0.3) is 0 Å². The second kappa shape index (κ2) is 5.65. The second-order valence-electron chi connectivity index (χ2n) is 4.21. The molecule has 0 spiro atoms. The van der Waals surface area contributed by atoms with E-state index in [-0.39, 0.29) is 5.92 Å². The number of carboxylic acids is 1. The van der Waals surface area contributed by atoms with Crippen LogP contribution in [0.2, 0.25) is 0 Å². The smallest absolute Gasteiger partial charge is 0.320 e. The molecule has 1 aromatic rings. The van der Waals surface area contributed by atoms with E-state index >= 15 is 0 Å². The van der Waals surface area contributed by atoms with Gasteiger partial charge < -0.3 is 10.4 Å². The molecule has 0 aliphatic carbocycles. The fourth-order valence-electron chi connectivity index (χ4n) is 1.61. The summed E-state index contributed by atoms with van der Waals surface area (Å²) in [6, 6.07) is 1.46. The van der Waals surface area contributed by atoms with E-state index in [2.05, 4.69) is 10.4 Å². The maximum Gasteiger partial charge on any atom is 0.320 e. The second-order valence-corrected chi connectivity index (χ2v) is 4.21. The zero-order valence-electron chi connectivity index (χ0n) is 9.97.